The van der Waals surface area contributed by atoms with Crippen molar-refractivity contribution in [2.24, 2.45) is 0 Å². The molecule has 0 saturated heterocycles. The van der Waals surface area contributed by atoms with Gasteiger partial charge >= 0.3 is 0 Å². The van der Waals surface area contributed by atoms with Gasteiger partial charge in [-0.2, -0.15) is 0 Å². The van der Waals surface area contributed by atoms with Gasteiger partial charge in [0.25, 0.3) is 5.56 Å². The zero-order valence-electron chi connectivity index (χ0n) is 15.7. The molecule has 0 fully saturated rings. The van der Waals surface area contributed by atoms with E-state index in [0.29, 0.717) is 16.2 Å². The van der Waals surface area contributed by atoms with Crippen LogP contribution < -0.4 is 10.9 Å². The number of anilines is 1. The normalized spacial score (nSPS) is 11.3. The van der Waals surface area contributed by atoms with Crippen LogP contribution in [0.3, 0.4) is 0 Å². The molecule has 0 aliphatic rings. The van der Waals surface area contributed by atoms with E-state index >= 15 is 0 Å². The van der Waals surface area contributed by atoms with Crippen LogP contribution in [0.25, 0.3) is 11.0 Å². The molecule has 27 heavy (non-hydrogen) atoms. The van der Waals surface area contributed by atoms with Crippen LogP contribution in [0, 0.1) is 6.92 Å². The Morgan fingerprint density at radius 3 is 2.81 bits per heavy atom. The second-order valence-electron chi connectivity index (χ2n) is 6.44. The number of hydrogen-bond donors (Lipinski definition) is 2. The number of fused-ring (bicyclic) bond motifs is 1. The highest BCUT2D eigenvalue weighted by Gasteiger charge is 2.16. The molecule has 0 aliphatic heterocycles. The van der Waals surface area contributed by atoms with Gasteiger partial charge in [0.1, 0.15) is 5.52 Å². The van der Waals surface area contributed by atoms with Gasteiger partial charge < -0.3 is 10.3 Å². The first-order valence-corrected chi connectivity index (χ1v) is 10.8. The van der Waals surface area contributed by atoms with Crippen molar-refractivity contribution in [1.29, 1.82) is 0 Å². The van der Waals surface area contributed by atoms with Crippen LogP contribution in [0.4, 0.5) is 5.69 Å². The second kappa shape index (κ2) is 8.22. The number of nitrogens with zero attached hydrogens (tertiary/aromatic N) is 2. The summed E-state index contributed by atoms with van der Waals surface area (Å²) in [7, 11) is 0. The molecular formula is C19H22N4O2S2. The number of H-pyrrole nitrogens is 1. The molecule has 0 bridgehead atoms. The molecule has 0 unspecified atom stereocenters. The SMILES string of the molecule is CSc1cccc(NC(=O)CSc2nc3cc(C)[nH]c3c(=O)n2C(C)C)c1. The average molecular weight is 403 g/mol. The van der Waals surface area contributed by atoms with Gasteiger partial charge in [0, 0.05) is 22.3 Å². The predicted octanol–water partition coefficient (Wildman–Crippen LogP) is 4.07. The summed E-state index contributed by atoms with van der Waals surface area (Å²) < 4.78 is 1.63. The van der Waals surface area contributed by atoms with E-state index in [0.717, 1.165) is 16.3 Å². The number of aromatic nitrogens is 3. The van der Waals surface area contributed by atoms with Crippen molar-refractivity contribution in [3.8, 4) is 0 Å². The number of thioether (sulfide) groups is 2. The number of nitrogens with one attached hydrogen (secondary N) is 2. The van der Waals surface area contributed by atoms with E-state index in [1.165, 1.54) is 11.8 Å². The molecule has 0 radical (unpaired) electrons. The molecule has 3 rings (SSSR count). The molecule has 0 atom stereocenters. The minimum Gasteiger partial charge on any atom is -0.353 e. The number of hydrogen-bond acceptors (Lipinski definition) is 5. The molecule has 1 amide bonds. The third-order valence-electron chi connectivity index (χ3n) is 3.99. The molecule has 1 aromatic carbocycles. The number of carbonyl (C=O) groups excluding carboxylic acids is 1. The number of aryl methyl sites for hydroxylation is 1. The number of carbonyl (C=O) groups is 1. The van der Waals surface area contributed by atoms with Gasteiger partial charge in [0.2, 0.25) is 5.91 Å². The lowest BCUT2D eigenvalue weighted by atomic mass is 10.3. The fourth-order valence-electron chi connectivity index (χ4n) is 2.78. The quantitative estimate of drug-likeness (QED) is 0.480. The van der Waals surface area contributed by atoms with Gasteiger partial charge in [0.15, 0.2) is 5.16 Å². The molecule has 0 spiro atoms. The van der Waals surface area contributed by atoms with Crippen LogP contribution in [-0.2, 0) is 4.79 Å². The summed E-state index contributed by atoms with van der Waals surface area (Å²) in [4.78, 5) is 33.9. The molecule has 0 saturated carbocycles. The van der Waals surface area contributed by atoms with Crippen molar-refractivity contribution in [2.45, 2.75) is 36.9 Å². The second-order valence-corrected chi connectivity index (χ2v) is 8.27. The summed E-state index contributed by atoms with van der Waals surface area (Å²) in [6.07, 6.45) is 1.99. The highest BCUT2D eigenvalue weighted by atomic mass is 32.2. The Kier molecular flexibility index (Phi) is 5.96. The molecule has 2 heterocycles. The van der Waals surface area contributed by atoms with Crippen molar-refractivity contribution in [1.82, 2.24) is 14.5 Å². The maximum Gasteiger partial charge on any atom is 0.278 e. The monoisotopic (exact) mass is 402 g/mol. The highest BCUT2D eigenvalue weighted by Crippen LogP contribution is 2.22. The maximum absolute atomic E-state index is 12.8. The third kappa shape index (κ3) is 4.39. The van der Waals surface area contributed by atoms with E-state index in [1.54, 1.807) is 16.3 Å². The summed E-state index contributed by atoms with van der Waals surface area (Å²) in [5, 5.41) is 3.45. The van der Waals surface area contributed by atoms with Crippen LogP contribution in [0.2, 0.25) is 0 Å². The molecule has 0 aliphatic carbocycles. The van der Waals surface area contributed by atoms with E-state index in [-0.39, 0.29) is 23.3 Å². The minimum absolute atomic E-state index is 0.0539. The zero-order valence-corrected chi connectivity index (χ0v) is 17.3. The summed E-state index contributed by atoms with van der Waals surface area (Å²) in [5.74, 6) is 0.0468. The molecular weight excluding hydrogens is 380 g/mol. The summed E-state index contributed by atoms with van der Waals surface area (Å²) in [6, 6.07) is 9.49. The van der Waals surface area contributed by atoms with E-state index < -0.39 is 0 Å². The van der Waals surface area contributed by atoms with Gasteiger partial charge in [-0.15, -0.1) is 11.8 Å². The average Bonchev–Trinajstić information content (AvgIpc) is 3.00. The summed E-state index contributed by atoms with van der Waals surface area (Å²) >= 11 is 2.89. The van der Waals surface area contributed by atoms with Crippen molar-refractivity contribution in [2.75, 3.05) is 17.3 Å². The lowest BCUT2D eigenvalue weighted by molar-refractivity contribution is -0.113. The van der Waals surface area contributed by atoms with Gasteiger partial charge in [-0.1, -0.05) is 17.8 Å². The fourth-order valence-corrected chi connectivity index (χ4v) is 4.16. The molecule has 142 valence electrons. The van der Waals surface area contributed by atoms with Crippen LogP contribution in [0.15, 0.2) is 45.2 Å². The first-order valence-electron chi connectivity index (χ1n) is 8.57. The zero-order chi connectivity index (χ0) is 19.6. The third-order valence-corrected chi connectivity index (χ3v) is 5.67. The lowest BCUT2D eigenvalue weighted by Crippen LogP contribution is -2.25. The topological polar surface area (TPSA) is 79.8 Å². The minimum atomic E-state index is -0.131. The van der Waals surface area contributed by atoms with Gasteiger partial charge in [-0.3, -0.25) is 14.2 Å². The Bertz CT molecular complexity index is 1040. The van der Waals surface area contributed by atoms with Gasteiger partial charge in [-0.25, -0.2) is 4.98 Å². The Hall–Kier alpha value is -2.19. The van der Waals surface area contributed by atoms with Crippen molar-refractivity contribution in [3.63, 3.8) is 0 Å². The summed E-state index contributed by atoms with van der Waals surface area (Å²) in [6.45, 7) is 5.76. The van der Waals surface area contributed by atoms with E-state index in [2.05, 4.69) is 15.3 Å². The van der Waals surface area contributed by atoms with Gasteiger partial charge in [0.05, 0.1) is 11.3 Å². The van der Waals surface area contributed by atoms with Crippen LogP contribution in [0.1, 0.15) is 25.6 Å². The molecule has 3 aromatic rings. The van der Waals surface area contributed by atoms with Crippen molar-refractivity contribution < 1.29 is 4.79 Å². The molecule has 6 nitrogen and oxygen atoms in total. The fraction of sp³-hybridized carbons (Fsp3) is 0.316. The number of benzene rings is 1. The lowest BCUT2D eigenvalue weighted by Gasteiger charge is -2.15. The Morgan fingerprint density at radius 2 is 2.11 bits per heavy atom. The Labute approximate surface area is 166 Å². The van der Waals surface area contributed by atoms with E-state index in [9.17, 15) is 9.59 Å². The highest BCUT2D eigenvalue weighted by molar-refractivity contribution is 7.99. The smallest absolute Gasteiger partial charge is 0.278 e. The number of aromatic amines is 1. The summed E-state index contributed by atoms with van der Waals surface area (Å²) in [5.41, 5.74) is 2.67. The van der Waals surface area contributed by atoms with Crippen LogP contribution in [-0.4, -0.2) is 32.5 Å². The standard InChI is InChI=1S/C19H22N4O2S2/c1-11(2)23-18(25)17-15(8-12(3)20-17)22-19(23)27-10-16(24)21-13-6-5-7-14(9-13)26-4/h5-9,11,20H,10H2,1-4H3,(H,21,24). The molecule has 2 N–H and O–H groups in total. The Morgan fingerprint density at radius 1 is 1.33 bits per heavy atom. The first kappa shape index (κ1) is 19.6. The Balaban J connectivity index is 1.80. The van der Waals surface area contributed by atoms with E-state index in [1.807, 2.05) is 57.4 Å². The predicted molar refractivity (Wildman–Crippen MR) is 113 cm³/mol. The largest absolute Gasteiger partial charge is 0.353 e. The molecule has 2 aromatic heterocycles. The number of rotatable bonds is 6. The van der Waals surface area contributed by atoms with Crippen molar-refractivity contribution >= 4 is 46.2 Å². The van der Waals surface area contributed by atoms with Crippen LogP contribution in [0.5, 0.6) is 0 Å². The van der Waals surface area contributed by atoms with Crippen LogP contribution >= 0.6 is 23.5 Å². The number of amides is 1. The van der Waals surface area contributed by atoms with Crippen molar-refractivity contribution in [3.05, 3.63) is 46.4 Å². The molecule has 8 heteroatoms. The van der Waals surface area contributed by atoms with E-state index in [4.69, 9.17) is 0 Å². The maximum atomic E-state index is 12.8. The van der Waals surface area contributed by atoms with Gasteiger partial charge in [-0.05, 0) is 51.3 Å². The first-order chi connectivity index (χ1) is 12.9.